The van der Waals surface area contributed by atoms with Crippen LogP contribution in [0.5, 0.6) is 0 Å². The number of carbonyl (C=O) groups is 2. The smallest absolute Gasteiger partial charge is 0.249 e. The number of nitrogens with zero attached hydrogens (tertiary/aromatic N) is 1. The molecule has 0 aliphatic carbocycles. The van der Waals surface area contributed by atoms with Gasteiger partial charge in [0, 0.05) is 19.0 Å². The SMILES string of the molecule is C[C@@H](Cc1ccco1)NC(=O)[C@H]1COCC(=O)N1Cc1ccccc1. The van der Waals surface area contributed by atoms with Crippen molar-refractivity contribution in [3.8, 4) is 0 Å². The number of benzene rings is 1. The molecule has 0 radical (unpaired) electrons. The van der Waals surface area contributed by atoms with Crippen molar-refractivity contribution in [2.75, 3.05) is 13.2 Å². The molecule has 2 aromatic rings. The van der Waals surface area contributed by atoms with Gasteiger partial charge in [0.25, 0.3) is 0 Å². The Kier molecular flexibility index (Phi) is 5.50. The van der Waals surface area contributed by atoms with E-state index in [2.05, 4.69) is 5.32 Å². The molecule has 0 saturated carbocycles. The molecule has 0 spiro atoms. The third kappa shape index (κ3) is 4.48. The van der Waals surface area contributed by atoms with Gasteiger partial charge < -0.3 is 19.4 Å². The van der Waals surface area contributed by atoms with E-state index in [1.165, 1.54) is 0 Å². The zero-order valence-electron chi connectivity index (χ0n) is 14.2. The van der Waals surface area contributed by atoms with Crippen LogP contribution in [0, 0.1) is 0 Å². The Labute approximate surface area is 146 Å². The van der Waals surface area contributed by atoms with Crippen molar-refractivity contribution >= 4 is 11.8 Å². The fourth-order valence-electron chi connectivity index (χ4n) is 2.92. The van der Waals surface area contributed by atoms with Crippen LogP contribution < -0.4 is 5.32 Å². The van der Waals surface area contributed by atoms with E-state index in [0.29, 0.717) is 13.0 Å². The molecule has 1 aromatic carbocycles. The molecule has 132 valence electrons. The van der Waals surface area contributed by atoms with Crippen molar-refractivity contribution in [2.24, 2.45) is 0 Å². The van der Waals surface area contributed by atoms with Crippen molar-refractivity contribution in [3.63, 3.8) is 0 Å². The van der Waals surface area contributed by atoms with E-state index in [-0.39, 0.29) is 31.1 Å². The predicted octanol–water partition coefficient (Wildman–Crippen LogP) is 1.75. The minimum Gasteiger partial charge on any atom is -0.469 e. The van der Waals surface area contributed by atoms with Gasteiger partial charge in [0.05, 0.1) is 12.9 Å². The molecule has 1 N–H and O–H groups in total. The van der Waals surface area contributed by atoms with E-state index in [0.717, 1.165) is 11.3 Å². The first-order valence-electron chi connectivity index (χ1n) is 8.37. The van der Waals surface area contributed by atoms with Crippen molar-refractivity contribution in [2.45, 2.75) is 32.0 Å². The molecular formula is C19H22N2O4. The lowest BCUT2D eigenvalue weighted by Gasteiger charge is -2.35. The summed E-state index contributed by atoms with van der Waals surface area (Å²) in [5, 5.41) is 2.95. The number of rotatable bonds is 6. The van der Waals surface area contributed by atoms with Crippen LogP contribution in [0.15, 0.2) is 53.1 Å². The summed E-state index contributed by atoms with van der Waals surface area (Å²) in [6.07, 6.45) is 2.21. The maximum absolute atomic E-state index is 12.7. The van der Waals surface area contributed by atoms with Gasteiger partial charge in [0.1, 0.15) is 18.4 Å². The number of morpholine rings is 1. The van der Waals surface area contributed by atoms with Gasteiger partial charge in [-0.25, -0.2) is 0 Å². The van der Waals surface area contributed by atoms with Crippen LogP contribution in [-0.4, -0.2) is 42.0 Å². The molecule has 3 rings (SSSR count). The van der Waals surface area contributed by atoms with Gasteiger partial charge in [0.15, 0.2) is 0 Å². The summed E-state index contributed by atoms with van der Waals surface area (Å²) in [7, 11) is 0. The van der Waals surface area contributed by atoms with Crippen LogP contribution in [0.4, 0.5) is 0 Å². The summed E-state index contributed by atoms with van der Waals surface area (Å²) in [6.45, 7) is 2.53. The Morgan fingerprint density at radius 1 is 1.28 bits per heavy atom. The van der Waals surface area contributed by atoms with Crippen LogP contribution >= 0.6 is 0 Å². The molecule has 1 fully saturated rings. The minimum absolute atomic E-state index is 0.0125. The highest BCUT2D eigenvalue weighted by Crippen LogP contribution is 2.14. The number of ether oxygens (including phenoxy) is 1. The number of amides is 2. The van der Waals surface area contributed by atoms with Crippen molar-refractivity contribution in [1.29, 1.82) is 0 Å². The molecule has 2 heterocycles. The summed E-state index contributed by atoms with van der Waals surface area (Å²) in [4.78, 5) is 26.5. The van der Waals surface area contributed by atoms with Crippen LogP contribution in [0.3, 0.4) is 0 Å². The van der Waals surface area contributed by atoms with E-state index in [9.17, 15) is 9.59 Å². The highest BCUT2D eigenvalue weighted by atomic mass is 16.5. The summed E-state index contributed by atoms with van der Waals surface area (Å²) in [6, 6.07) is 12.6. The Morgan fingerprint density at radius 3 is 2.80 bits per heavy atom. The lowest BCUT2D eigenvalue weighted by atomic mass is 10.1. The first kappa shape index (κ1) is 17.2. The highest BCUT2D eigenvalue weighted by molar-refractivity contribution is 5.89. The number of nitrogens with one attached hydrogen (secondary N) is 1. The molecule has 6 nitrogen and oxygen atoms in total. The van der Waals surface area contributed by atoms with Crippen LogP contribution in [-0.2, 0) is 27.3 Å². The van der Waals surface area contributed by atoms with Crippen molar-refractivity contribution < 1.29 is 18.7 Å². The maximum atomic E-state index is 12.7. The molecule has 2 amide bonds. The number of hydrogen-bond donors (Lipinski definition) is 1. The topological polar surface area (TPSA) is 71.8 Å². The van der Waals surface area contributed by atoms with E-state index >= 15 is 0 Å². The van der Waals surface area contributed by atoms with E-state index in [4.69, 9.17) is 9.15 Å². The molecular weight excluding hydrogens is 320 g/mol. The van der Waals surface area contributed by atoms with E-state index in [1.54, 1.807) is 11.2 Å². The molecule has 6 heteroatoms. The van der Waals surface area contributed by atoms with E-state index in [1.807, 2.05) is 49.4 Å². The van der Waals surface area contributed by atoms with Gasteiger partial charge in [-0.1, -0.05) is 30.3 Å². The first-order valence-corrected chi connectivity index (χ1v) is 8.37. The van der Waals surface area contributed by atoms with Gasteiger partial charge in [-0.05, 0) is 24.6 Å². The standard InChI is InChI=1S/C19H22N2O4/c1-14(10-16-8-5-9-25-16)20-19(23)17-12-24-13-18(22)21(17)11-15-6-3-2-4-7-15/h2-9,14,17H,10-13H2,1H3,(H,20,23)/t14-,17+/m0/s1. The fourth-order valence-corrected chi connectivity index (χ4v) is 2.92. The minimum atomic E-state index is -0.625. The van der Waals surface area contributed by atoms with E-state index < -0.39 is 6.04 Å². The van der Waals surface area contributed by atoms with Crippen molar-refractivity contribution in [3.05, 3.63) is 60.1 Å². The normalized spacial score (nSPS) is 18.8. The lowest BCUT2D eigenvalue weighted by molar-refractivity contribution is -0.155. The average molecular weight is 342 g/mol. The Balaban J connectivity index is 1.64. The van der Waals surface area contributed by atoms with Crippen molar-refractivity contribution in [1.82, 2.24) is 10.2 Å². The molecule has 2 atom stereocenters. The third-order valence-corrected chi connectivity index (χ3v) is 4.17. The number of furan rings is 1. The van der Waals surface area contributed by atoms with Gasteiger partial charge in [-0.2, -0.15) is 0 Å². The summed E-state index contributed by atoms with van der Waals surface area (Å²) < 4.78 is 10.6. The third-order valence-electron chi connectivity index (χ3n) is 4.17. The molecule has 0 unspecified atom stereocenters. The highest BCUT2D eigenvalue weighted by Gasteiger charge is 2.34. The van der Waals surface area contributed by atoms with Gasteiger partial charge in [-0.3, -0.25) is 9.59 Å². The lowest BCUT2D eigenvalue weighted by Crippen LogP contribution is -2.57. The second kappa shape index (κ2) is 7.98. The van der Waals surface area contributed by atoms with Crippen LogP contribution in [0.1, 0.15) is 18.2 Å². The maximum Gasteiger partial charge on any atom is 0.249 e. The first-order chi connectivity index (χ1) is 12.1. The van der Waals surface area contributed by atoms with Gasteiger partial charge in [-0.15, -0.1) is 0 Å². The second-order valence-electron chi connectivity index (χ2n) is 6.23. The van der Waals surface area contributed by atoms with Gasteiger partial charge in [0.2, 0.25) is 11.8 Å². The van der Waals surface area contributed by atoms with Gasteiger partial charge >= 0.3 is 0 Å². The number of carbonyl (C=O) groups excluding carboxylic acids is 2. The fraction of sp³-hybridized carbons (Fsp3) is 0.368. The van der Waals surface area contributed by atoms with Crippen LogP contribution in [0.25, 0.3) is 0 Å². The quantitative estimate of drug-likeness (QED) is 0.868. The molecule has 1 saturated heterocycles. The number of hydrogen-bond acceptors (Lipinski definition) is 4. The summed E-state index contributed by atoms with van der Waals surface area (Å²) in [5.74, 6) is 0.432. The largest absolute Gasteiger partial charge is 0.469 e. The zero-order valence-corrected chi connectivity index (χ0v) is 14.2. The molecule has 1 aliphatic rings. The average Bonchev–Trinajstić information content (AvgIpc) is 3.10. The molecule has 1 aliphatic heterocycles. The summed E-state index contributed by atoms with van der Waals surface area (Å²) >= 11 is 0. The van der Waals surface area contributed by atoms with Crippen LogP contribution in [0.2, 0.25) is 0 Å². The predicted molar refractivity (Wildman–Crippen MR) is 91.6 cm³/mol. The molecule has 1 aromatic heterocycles. The molecule has 0 bridgehead atoms. The Morgan fingerprint density at radius 2 is 2.08 bits per heavy atom. The zero-order chi connectivity index (χ0) is 17.6. The second-order valence-corrected chi connectivity index (χ2v) is 6.23. The molecule has 25 heavy (non-hydrogen) atoms. The Bertz CT molecular complexity index is 699. The Hall–Kier alpha value is -2.60. The monoisotopic (exact) mass is 342 g/mol. The summed E-state index contributed by atoms with van der Waals surface area (Å²) in [5.41, 5.74) is 0.985.